The topological polar surface area (TPSA) is 109 Å². The van der Waals surface area contributed by atoms with E-state index in [2.05, 4.69) is 0 Å². The summed E-state index contributed by atoms with van der Waals surface area (Å²) in [4.78, 5) is 12.1. The van der Waals surface area contributed by atoms with Gasteiger partial charge < -0.3 is 24.4 Å². The van der Waals surface area contributed by atoms with Crippen molar-refractivity contribution in [1.82, 2.24) is 5.06 Å². The zero-order chi connectivity index (χ0) is 21.3. The highest BCUT2D eigenvalue weighted by atomic mass is 16.6. The molecule has 1 fully saturated rings. The fraction of sp³-hybridized carbons (Fsp3) is 0.409. The Hall–Kier alpha value is -2.49. The molecule has 0 unspecified atom stereocenters. The van der Waals surface area contributed by atoms with E-state index in [0.29, 0.717) is 18.3 Å². The third-order valence-corrected chi connectivity index (χ3v) is 4.98. The summed E-state index contributed by atoms with van der Waals surface area (Å²) in [5.74, 6) is 0. The first kappa shape index (κ1) is 22.2. The van der Waals surface area contributed by atoms with Gasteiger partial charge in [0.05, 0.1) is 32.0 Å². The Morgan fingerprint density at radius 2 is 1.50 bits per heavy atom. The molecule has 1 aliphatic carbocycles. The highest BCUT2D eigenvalue weighted by Crippen LogP contribution is 2.27. The lowest BCUT2D eigenvalue weighted by atomic mass is 10.2. The Kier molecular flexibility index (Phi) is 8.18. The average Bonchev–Trinajstić information content (AvgIpc) is 3.06. The van der Waals surface area contributed by atoms with Crippen molar-refractivity contribution in [1.29, 1.82) is 0 Å². The van der Waals surface area contributed by atoms with Crippen LogP contribution in [0.25, 0.3) is 0 Å². The van der Waals surface area contributed by atoms with E-state index < -0.39 is 30.4 Å². The van der Waals surface area contributed by atoms with Crippen molar-refractivity contribution in [2.75, 3.05) is 13.2 Å². The molecule has 4 atom stereocenters. The Labute approximate surface area is 175 Å². The van der Waals surface area contributed by atoms with Crippen LogP contribution in [0.4, 0.5) is 4.79 Å². The molecule has 0 spiro atoms. The molecule has 1 saturated carbocycles. The molecule has 0 aromatic heterocycles. The van der Waals surface area contributed by atoms with Gasteiger partial charge in [-0.3, -0.25) is 5.21 Å². The van der Waals surface area contributed by atoms with Gasteiger partial charge in [-0.2, -0.15) is 5.06 Å². The van der Waals surface area contributed by atoms with Crippen LogP contribution in [0.15, 0.2) is 60.7 Å². The van der Waals surface area contributed by atoms with Gasteiger partial charge in [-0.05, 0) is 11.1 Å². The predicted octanol–water partition coefficient (Wildman–Crippen LogP) is 2.11. The van der Waals surface area contributed by atoms with E-state index in [1.54, 1.807) is 12.1 Å². The minimum absolute atomic E-state index is 0.0131. The Morgan fingerprint density at radius 3 is 2.13 bits per heavy atom. The molecular weight excluding hydrogens is 390 g/mol. The van der Waals surface area contributed by atoms with Crippen LogP contribution in [0.3, 0.4) is 0 Å². The van der Waals surface area contributed by atoms with Crippen LogP contribution in [0.1, 0.15) is 17.5 Å². The van der Waals surface area contributed by atoms with Crippen LogP contribution in [-0.2, 0) is 27.4 Å². The molecule has 1 amide bonds. The molecule has 30 heavy (non-hydrogen) atoms. The van der Waals surface area contributed by atoms with Crippen molar-refractivity contribution in [2.24, 2.45) is 0 Å². The van der Waals surface area contributed by atoms with Crippen LogP contribution in [0.2, 0.25) is 0 Å². The number of hydroxylamine groups is 2. The number of aliphatic hydroxyl groups excluding tert-OH is 2. The average molecular weight is 417 g/mol. The fourth-order valence-electron chi connectivity index (χ4n) is 3.32. The van der Waals surface area contributed by atoms with Gasteiger partial charge in [0, 0.05) is 6.42 Å². The number of ether oxygens (including phenoxy) is 3. The molecule has 3 N–H and O–H groups in total. The van der Waals surface area contributed by atoms with Crippen LogP contribution >= 0.6 is 0 Å². The van der Waals surface area contributed by atoms with E-state index in [-0.39, 0.29) is 19.6 Å². The summed E-state index contributed by atoms with van der Waals surface area (Å²) in [6.07, 6.45) is -4.25. The lowest BCUT2D eigenvalue weighted by Crippen LogP contribution is -2.45. The highest BCUT2D eigenvalue weighted by Gasteiger charge is 2.46. The predicted molar refractivity (Wildman–Crippen MR) is 107 cm³/mol. The second kappa shape index (κ2) is 11.1. The third-order valence-electron chi connectivity index (χ3n) is 4.98. The summed E-state index contributed by atoms with van der Waals surface area (Å²) in [5.41, 5.74) is 1.81. The Balaban J connectivity index is 1.40. The number of hydrogen-bond donors (Lipinski definition) is 3. The van der Waals surface area contributed by atoms with Crippen LogP contribution in [-0.4, -0.2) is 64.1 Å². The van der Waals surface area contributed by atoms with E-state index in [1.165, 1.54) is 0 Å². The molecule has 0 aliphatic heterocycles. The van der Waals surface area contributed by atoms with Crippen LogP contribution in [0, 0.1) is 0 Å². The summed E-state index contributed by atoms with van der Waals surface area (Å²) in [5, 5.41) is 30.9. The van der Waals surface area contributed by atoms with Crippen LogP contribution in [0.5, 0.6) is 0 Å². The molecule has 3 rings (SSSR count). The molecule has 162 valence electrons. The zero-order valence-corrected chi connectivity index (χ0v) is 16.5. The van der Waals surface area contributed by atoms with E-state index >= 15 is 0 Å². The second-order valence-electron chi connectivity index (χ2n) is 7.12. The molecule has 0 bridgehead atoms. The van der Waals surface area contributed by atoms with Crippen LogP contribution < -0.4 is 0 Å². The van der Waals surface area contributed by atoms with E-state index in [0.717, 1.165) is 11.1 Å². The maximum Gasteiger partial charge on any atom is 0.434 e. The number of aliphatic hydroxyl groups is 2. The van der Waals surface area contributed by atoms with Gasteiger partial charge >= 0.3 is 6.09 Å². The number of nitrogens with zero attached hydrogens (tertiary/aromatic N) is 1. The number of carbonyl (C=O) groups is 1. The van der Waals surface area contributed by atoms with Crippen molar-refractivity contribution in [3.05, 3.63) is 71.8 Å². The van der Waals surface area contributed by atoms with Crippen molar-refractivity contribution >= 4 is 6.09 Å². The van der Waals surface area contributed by atoms with Crippen molar-refractivity contribution in [2.45, 2.75) is 44.0 Å². The van der Waals surface area contributed by atoms with E-state index in [9.17, 15) is 20.2 Å². The quantitative estimate of drug-likeness (QED) is 0.326. The number of benzene rings is 2. The summed E-state index contributed by atoms with van der Waals surface area (Å²) >= 11 is 0. The molecule has 0 saturated heterocycles. The Morgan fingerprint density at radius 1 is 0.900 bits per heavy atom. The molecule has 2 aromatic rings. The van der Waals surface area contributed by atoms with Crippen molar-refractivity contribution < 1.29 is 34.4 Å². The minimum Gasteiger partial charge on any atom is -0.443 e. The number of hydrogen-bond acceptors (Lipinski definition) is 7. The monoisotopic (exact) mass is 417 g/mol. The van der Waals surface area contributed by atoms with Gasteiger partial charge in [-0.15, -0.1) is 0 Å². The van der Waals surface area contributed by atoms with Gasteiger partial charge in [0.1, 0.15) is 18.8 Å². The number of rotatable bonds is 9. The van der Waals surface area contributed by atoms with Gasteiger partial charge in [0.15, 0.2) is 0 Å². The molecule has 8 heteroatoms. The zero-order valence-electron chi connectivity index (χ0n) is 16.5. The van der Waals surface area contributed by atoms with Gasteiger partial charge in [0.25, 0.3) is 0 Å². The number of amides is 1. The van der Waals surface area contributed by atoms with Gasteiger partial charge in [0.2, 0.25) is 0 Å². The smallest absolute Gasteiger partial charge is 0.434 e. The lowest BCUT2D eigenvalue weighted by Gasteiger charge is -2.24. The first-order valence-corrected chi connectivity index (χ1v) is 9.84. The Bertz CT molecular complexity index is 774. The summed E-state index contributed by atoms with van der Waals surface area (Å²) in [6.45, 7) is 0.944. The standard InChI is InChI=1S/C22H27NO7/c24-20-18(23(27)22(26)30-15-17-9-5-2-6-10-17)13-19(21(20)25)29-12-11-28-14-16-7-3-1-4-8-16/h1-10,18-21,24-25,27H,11-15H2/t18-,19+,20+,21-/m1/s1. The SMILES string of the molecule is O=C(OCc1ccccc1)N(O)[C@@H]1C[C@H](OCCOCc2ccccc2)[C@@H](O)[C@H]1O. The lowest BCUT2D eigenvalue weighted by molar-refractivity contribution is -0.135. The third kappa shape index (κ3) is 6.01. The summed E-state index contributed by atoms with van der Waals surface area (Å²) in [6, 6.07) is 17.7. The summed E-state index contributed by atoms with van der Waals surface area (Å²) < 4.78 is 16.2. The largest absolute Gasteiger partial charge is 0.443 e. The van der Waals surface area contributed by atoms with E-state index in [1.807, 2.05) is 48.5 Å². The summed E-state index contributed by atoms with van der Waals surface area (Å²) in [7, 11) is 0. The van der Waals surface area contributed by atoms with Gasteiger partial charge in [-0.25, -0.2) is 4.79 Å². The maximum atomic E-state index is 12.1. The minimum atomic E-state index is -1.35. The number of carbonyl (C=O) groups excluding carboxylic acids is 1. The highest BCUT2D eigenvalue weighted by molar-refractivity contribution is 5.66. The normalized spacial score (nSPS) is 23.3. The maximum absolute atomic E-state index is 12.1. The first-order chi connectivity index (χ1) is 14.6. The first-order valence-electron chi connectivity index (χ1n) is 9.84. The van der Waals surface area contributed by atoms with Gasteiger partial charge in [-0.1, -0.05) is 60.7 Å². The molecule has 0 radical (unpaired) electrons. The molecular formula is C22H27NO7. The van der Waals surface area contributed by atoms with Crippen molar-refractivity contribution in [3.63, 3.8) is 0 Å². The molecule has 2 aromatic carbocycles. The molecule has 0 heterocycles. The fourth-order valence-corrected chi connectivity index (χ4v) is 3.32. The molecule has 8 nitrogen and oxygen atoms in total. The molecule has 1 aliphatic rings. The second-order valence-corrected chi connectivity index (χ2v) is 7.12. The van der Waals surface area contributed by atoms with E-state index in [4.69, 9.17) is 14.2 Å². The van der Waals surface area contributed by atoms with Crippen molar-refractivity contribution in [3.8, 4) is 0 Å².